The van der Waals surface area contributed by atoms with Crippen LogP contribution in [0.5, 0.6) is 0 Å². The van der Waals surface area contributed by atoms with E-state index < -0.39 is 0 Å². The fraction of sp³-hybridized carbons (Fsp3) is 0.800. The molecule has 0 heterocycles. The molecule has 0 saturated carbocycles. The van der Waals surface area contributed by atoms with E-state index in [2.05, 4.69) is 26.0 Å². The summed E-state index contributed by atoms with van der Waals surface area (Å²) in [6, 6.07) is 4.29. The van der Waals surface area contributed by atoms with E-state index in [1.807, 2.05) is 0 Å². The van der Waals surface area contributed by atoms with E-state index >= 15 is 0 Å². The molecule has 0 N–H and O–H groups in total. The zero-order chi connectivity index (χ0) is 9.40. The molecule has 0 aliphatic heterocycles. The first-order valence-electron chi connectivity index (χ1n) is 4.46. The van der Waals surface area contributed by atoms with Gasteiger partial charge < -0.3 is 0 Å². The molecule has 0 aromatic rings. The highest BCUT2D eigenvalue weighted by Crippen LogP contribution is 2.21. The molecule has 0 bridgehead atoms. The molecule has 0 aliphatic carbocycles. The largest absolute Gasteiger partial charge is 0.198 e. The summed E-state index contributed by atoms with van der Waals surface area (Å²) in [5.41, 5.74) is 0. The second-order valence-corrected chi connectivity index (χ2v) is 3.40. The number of rotatable bonds is 5. The molecule has 0 rings (SSSR count). The van der Waals surface area contributed by atoms with Gasteiger partial charge in [0.2, 0.25) is 0 Å². The van der Waals surface area contributed by atoms with Crippen LogP contribution in [0.15, 0.2) is 0 Å². The van der Waals surface area contributed by atoms with E-state index in [0.717, 1.165) is 12.8 Å². The van der Waals surface area contributed by atoms with Crippen molar-refractivity contribution in [2.75, 3.05) is 0 Å². The van der Waals surface area contributed by atoms with Gasteiger partial charge in [-0.25, -0.2) is 0 Å². The van der Waals surface area contributed by atoms with Crippen LogP contribution in [0.2, 0.25) is 0 Å². The van der Waals surface area contributed by atoms with E-state index in [0.29, 0.717) is 24.7 Å². The van der Waals surface area contributed by atoms with Crippen LogP contribution in [0, 0.1) is 34.5 Å². The number of hydrogen-bond acceptors (Lipinski definition) is 2. The van der Waals surface area contributed by atoms with Crippen molar-refractivity contribution in [3.8, 4) is 12.1 Å². The lowest BCUT2D eigenvalue weighted by Gasteiger charge is -2.17. The molecule has 12 heavy (non-hydrogen) atoms. The summed E-state index contributed by atoms with van der Waals surface area (Å²) in [5.74, 6) is 1.14. The van der Waals surface area contributed by atoms with Crippen molar-refractivity contribution in [3.05, 3.63) is 0 Å². The van der Waals surface area contributed by atoms with E-state index in [9.17, 15) is 0 Å². The summed E-state index contributed by atoms with van der Waals surface area (Å²) >= 11 is 0. The van der Waals surface area contributed by atoms with Crippen molar-refractivity contribution in [1.82, 2.24) is 0 Å². The van der Waals surface area contributed by atoms with Gasteiger partial charge in [0, 0.05) is 12.8 Å². The summed E-state index contributed by atoms with van der Waals surface area (Å²) in [6.07, 6.45) is 3.12. The predicted octanol–water partition coefficient (Wildman–Crippen LogP) is 2.87. The van der Waals surface area contributed by atoms with Gasteiger partial charge >= 0.3 is 0 Å². The number of nitriles is 2. The molecular formula is C10H16N2. The Morgan fingerprint density at radius 3 is 1.67 bits per heavy atom. The molecule has 0 aliphatic rings. The van der Waals surface area contributed by atoms with Crippen LogP contribution < -0.4 is 0 Å². The Morgan fingerprint density at radius 1 is 1.00 bits per heavy atom. The molecule has 0 atom stereocenters. The summed E-state index contributed by atoms with van der Waals surface area (Å²) in [6.45, 7) is 4.30. The molecule has 0 aromatic carbocycles. The molecule has 0 unspecified atom stereocenters. The van der Waals surface area contributed by atoms with Crippen LogP contribution in [0.25, 0.3) is 0 Å². The van der Waals surface area contributed by atoms with Crippen LogP contribution in [0.1, 0.15) is 39.5 Å². The van der Waals surface area contributed by atoms with Gasteiger partial charge in [-0.3, -0.25) is 0 Å². The second kappa shape index (κ2) is 6.68. The quantitative estimate of drug-likeness (QED) is 0.627. The van der Waals surface area contributed by atoms with E-state index in [1.165, 1.54) is 0 Å². The van der Waals surface area contributed by atoms with E-state index in [4.69, 9.17) is 10.5 Å². The first kappa shape index (κ1) is 11.0. The van der Waals surface area contributed by atoms with Crippen LogP contribution in [0.3, 0.4) is 0 Å². The lowest BCUT2D eigenvalue weighted by atomic mass is 9.87. The maximum Gasteiger partial charge on any atom is 0.0621 e. The Balaban J connectivity index is 3.73. The van der Waals surface area contributed by atoms with Crippen molar-refractivity contribution >= 4 is 0 Å². The fourth-order valence-corrected chi connectivity index (χ4v) is 1.31. The Bertz CT molecular complexity index is 165. The molecule has 0 fully saturated rings. The Labute approximate surface area is 74.8 Å². The number of hydrogen-bond donors (Lipinski definition) is 0. The molecule has 0 amide bonds. The van der Waals surface area contributed by atoms with Crippen LogP contribution in [-0.2, 0) is 0 Å². The van der Waals surface area contributed by atoms with Crippen molar-refractivity contribution in [2.24, 2.45) is 11.8 Å². The molecule has 66 valence electrons. The molecule has 0 spiro atoms. The van der Waals surface area contributed by atoms with Gasteiger partial charge in [-0.15, -0.1) is 0 Å². The smallest absolute Gasteiger partial charge is 0.0621 e. The monoisotopic (exact) mass is 164 g/mol. The van der Waals surface area contributed by atoms with E-state index in [-0.39, 0.29) is 0 Å². The zero-order valence-corrected chi connectivity index (χ0v) is 7.88. The van der Waals surface area contributed by atoms with Crippen molar-refractivity contribution in [1.29, 1.82) is 10.5 Å². The summed E-state index contributed by atoms with van der Waals surface area (Å²) < 4.78 is 0. The van der Waals surface area contributed by atoms with Crippen molar-refractivity contribution < 1.29 is 0 Å². The molecule has 0 aromatic heterocycles. The first-order chi connectivity index (χ1) is 5.72. The fourth-order valence-electron chi connectivity index (χ4n) is 1.31. The Hall–Kier alpha value is -1.02. The molecule has 0 radical (unpaired) electrons. The maximum absolute atomic E-state index is 8.41. The summed E-state index contributed by atoms with van der Waals surface area (Å²) in [4.78, 5) is 0. The van der Waals surface area contributed by atoms with E-state index in [1.54, 1.807) is 0 Å². The number of nitrogens with zero attached hydrogens (tertiary/aromatic N) is 2. The zero-order valence-electron chi connectivity index (χ0n) is 7.88. The third-order valence-corrected chi connectivity index (χ3v) is 2.20. The van der Waals surface area contributed by atoms with Crippen LogP contribution in [0.4, 0.5) is 0 Å². The minimum atomic E-state index is 0.546. The van der Waals surface area contributed by atoms with Gasteiger partial charge in [-0.2, -0.15) is 10.5 Å². The Morgan fingerprint density at radius 2 is 1.42 bits per heavy atom. The highest BCUT2D eigenvalue weighted by Gasteiger charge is 2.11. The highest BCUT2D eigenvalue weighted by molar-refractivity contribution is 4.77. The molecule has 2 nitrogen and oxygen atoms in total. The van der Waals surface area contributed by atoms with Crippen LogP contribution >= 0.6 is 0 Å². The van der Waals surface area contributed by atoms with Gasteiger partial charge in [0.1, 0.15) is 0 Å². The van der Waals surface area contributed by atoms with Crippen molar-refractivity contribution in [2.45, 2.75) is 39.5 Å². The summed E-state index contributed by atoms with van der Waals surface area (Å²) in [5, 5.41) is 16.8. The van der Waals surface area contributed by atoms with Gasteiger partial charge in [-0.1, -0.05) is 13.8 Å². The molecule has 0 saturated heterocycles. The van der Waals surface area contributed by atoms with Gasteiger partial charge in [0.25, 0.3) is 0 Å². The molecular weight excluding hydrogens is 148 g/mol. The normalized spacial score (nSPS) is 9.83. The van der Waals surface area contributed by atoms with Gasteiger partial charge in [0.05, 0.1) is 12.1 Å². The lowest BCUT2D eigenvalue weighted by molar-refractivity contribution is 0.343. The van der Waals surface area contributed by atoms with Crippen molar-refractivity contribution in [3.63, 3.8) is 0 Å². The summed E-state index contributed by atoms with van der Waals surface area (Å²) in [7, 11) is 0. The third kappa shape index (κ3) is 4.74. The lowest BCUT2D eigenvalue weighted by Crippen LogP contribution is -2.08. The minimum absolute atomic E-state index is 0.546. The third-order valence-electron chi connectivity index (χ3n) is 2.20. The molecule has 2 heteroatoms. The average molecular weight is 164 g/mol. The maximum atomic E-state index is 8.41. The first-order valence-corrected chi connectivity index (χ1v) is 4.46. The SMILES string of the molecule is CC(C)C(CCC#N)CCC#N. The highest BCUT2D eigenvalue weighted by atomic mass is 14.3. The predicted molar refractivity (Wildman–Crippen MR) is 48.0 cm³/mol. The minimum Gasteiger partial charge on any atom is -0.198 e. The topological polar surface area (TPSA) is 47.6 Å². The van der Waals surface area contributed by atoms with Gasteiger partial charge in [0.15, 0.2) is 0 Å². The standard InChI is InChI=1S/C10H16N2/c1-9(2)10(5-3-7-11)6-4-8-12/h9-10H,3-6H2,1-2H3. The van der Waals surface area contributed by atoms with Crippen LogP contribution in [-0.4, -0.2) is 0 Å². The Kier molecular flexibility index (Phi) is 6.11. The average Bonchev–Trinajstić information content (AvgIpc) is 2.04. The second-order valence-electron chi connectivity index (χ2n) is 3.40. The van der Waals surface area contributed by atoms with Gasteiger partial charge in [-0.05, 0) is 24.7 Å².